The van der Waals surface area contributed by atoms with E-state index in [9.17, 15) is 14.0 Å². The third-order valence-electron chi connectivity index (χ3n) is 6.23. The van der Waals surface area contributed by atoms with Crippen LogP contribution in [0.1, 0.15) is 41.0 Å². The summed E-state index contributed by atoms with van der Waals surface area (Å²) in [5, 5.41) is 11.8. The van der Waals surface area contributed by atoms with E-state index < -0.39 is 17.7 Å². The number of nitrogens with one attached hydrogen (secondary N) is 1. The summed E-state index contributed by atoms with van der Waals surface area (Å²) in [7, 11) is 4.10. The molecule has 1 heterocycles. The maximum absolute atomic E-state index is 13.8. The van der Waals surface area contributed by atoms with Gasteiger partial charge in [0.1, 0.15) is 11.7 Å². The average molecular weight is 488 g/mol. The molecular weight excluding hydrogens is 457 g/mol. The number of aliphatic carboxylic acids is 1. The first-order valence-corrected chi connectivity index (χ1v) is 12.0. The Hall–Kier alpha value is -3.84. The first kappa shape index (κ1) is 25.3. The van der Waals surface area contributed by atoms with Crippen LogP contribution in [0.4, 0.5) is 15.8 Å². The van der Waals surface area contributed by atoms with Crippen molar-refractivity contribution in [3.63, 3.8) is 0 Å². The number of carbonyl (C=O) groups excluding carboxylic acids is 1. The van der Waals surface area contributed by atoms with Crippen molar-refractivity contribution in [1.29, 1.82) is 0 Å². The number of carboxylic acids is 1. The van der Waals surface area contributed by atoms with Gasteiger partial charge in [0, 0.05) is 12.1 Å². The van der Waals surface area contributed by atoms with E-state index in [1.807, 2.05) is 42.5 Å². The highest BCUT2D eigenvalue weighted by Gasteiger charge is 2.35. The summed E-state index contributed by atoms with van der Waals surface area (Å²) in [4.78, 5) is 31.1. The van der Waals surface area contributed by atoms with Gasteiger partial charge in [0.25, 0.3) is 0 Å². The van der Waals surface area contributed by atoms with E-state index in [0.29, 0.717) is 23.4 Å². The molecule has 3 aromatic rings. The Morgan fingerprint density at radius 2 is 1.81 bits per heavy atom. The number of halogens is 1. The molecule has 186 valence electrons. The van der Waals surface area contributed by atoms with Crippen molar-refractivity contribution in [3.05, 3.63) is 94.8 Å². The molecule has 0 fully saturated rings. The van der Waals surface area contributed by atoms with E-state index in [1.54, 1.807) is 6.07 Å². The van der Waals surface area contributed by atoms with Gasteiger partial charge in [0.2, 0.25) is 5.91 Å². The Morgan fingerprint density at radius 3 is 2.53 bits per heavy atom. The molecule has 2 N–H and O–H groups in total. The summed E-state index contributed by atoms with van der Waals surface area (Å²) in [6.07, 6.45) is 2.41. The Bertz CT molecular complexity index is 1290. The molecule has 1 aliphatic rings. The van der Waals surface area contributed by atoms with E-state index in [2.05, 4.69) is 30.4 Å². The highest BCUT2D eigenvalue weighted by molar-refractivity contribution is 6.24. The number of amides is 1. The normalized spacial score (nSPS) is 15.2. The number of benzene rings is 3. The topological polar surface area (TPSA) is 82.0 Å². The van der Waals surface area contributed by atoms with E-state index in [0.717, 1.165) is 36.2 Å². The van der Waals surface area contributed by atoms with Crippen LogP contribution < -0.4 is 5.32 Å². The predicted octanol–water partition coefficient (Wildman–Crippen LogP) is 5.19. The van der Waals surface area contributed by atoms with Crippen molar-refractivity contribution in [3.8, 4) is 0 Å². The Balaban J connectivity index is 1.71. The lowest BCUT2D eigenvalue weighted by atomic mass is 9.90. The molecule has 3 aromatic carbocycles. The number of fused-ring (bicyclic) bond motifs is 1. The zero-order valence-electron chi connectivity index (χ0n) is 20.5. The molecule has 0 saturated heterocycles. The molecule has 0 spiro atoms. The van der Waals surface area contributed by atoms with E-state index in [4.69, 9.17) is 10.1 Å². The number of anilines is 1. The minimum Gasteiger partial charge on any atom is -0.481 e. The van der Waals surface area contributed by atoms with Gasteiger partial charge in [0.05, 0.1) is 11.4 Å². The maximum Gasteiger partial charge on any atom is 0.303 e. The van der Waals surface area contributed by atoms with Crippen LogP contribution in [0.25, 0.3) is 0 Å². The molecular formula is C29H30FN3O3. The van der Waals surface area contributed by atoms with Crippen LogP contribution in [0.3, 0.4) is 0 Å². The lowest BCUT2D eigenvalue weighted by molar-refractivity contribution is -0.137. The second-order valence-electron chi connectivity index (χ2n) is 9.32. The summed E-state index contributed by atoms with van der Waals surface area (Å²) in [6.45, 7) is 0.989. The highest BCUT2D eigenvalue weighted by atomic mass is 19.1. The molecule has 6 nitrogen and oxygen atoms in total. The fourth-order valence-corrected chi connectivity index (χ4v) is 4.42. The number of hydrogen-bond donors (Lipinski definition) is 2. The summed E-state index contributed by atoms with van der Waals surface area (Å²) in [5.74, 6) is -2.21. The number of aryl methyl sites for hydroxylation is 2. The third kappa shape index (κ3) is 6.23. The molecule has 0 aliphatic carbocycles. The second-order valence-corrected chi connectivity index (χ2v) is 9.32. The Morgan fingerprint density at radius 1 is 1.03 bits per heavy atom. The van der Waals surface area contributed by atoms with Gasteiger partial charge in [-0.2, -0.15) is 0 Å². The molecule has 0 saturated carbocycles. The predicted molar refractivity (Wildman–Crippen MR) is 140 cm³/mol. The number of rotatable bonds is 10. The van der Waals surface area contributed by atoms with Crippen molar-refractivity contribution in [2.24, 2.45) is 4.99 Å². The van der Waals surface area contributed by atoms with Gasteiger partial charge in [-0.15, -0.1) is 0 Å². The van der Waals surface area contributed by atoms with Crippen LogP contribution in [-0.4, -0.2) is 48.2 Å². The van der Waals surface area contributed by atoms with Crippen LogP contribution in [0.15, 0.2) is 71.7 Å². The molecule has 0 radical (unpaired) electrons. The fraction of sp³-hybridized carbons (Fsp3) is 0.276. The quantitative estimate of drug-likeness (QED) is 0.386. The van der Waals surface area contributed by atoms with Crippen LogP contribution in [0.5, 0.6) is 0 Å². The first-order chi connectivity index (χ1) is 17.3. The van der Waals surface area contributed by atoms with Gasteiger partial charge in [0.15, 0.2) is 0 Å². The lowest BCUT2D eigenvalue weighted by Crippen LogP contribution is -2.22. The van der Waals surface area contributed by atoms with Gasteiger partial charge in [-0.05, 0) is 86.4 Å². The Labute approximate surface area is 210 Å². The molecule has 0 bridgehead atoms. The van der Waals surface area contributed by atoms with Gasteiger partial charge < -0.3 is 15.3 Å². The van der Waals surface area contributed by atoms with Crippen LogP contribution >= 0.6 is 0 Å². The lowest BCUT2D eigenvalue weighted by Gasteiger charge is -2.15. The number of carboxylic acid groups (broad SMARTS) is 1. The fourth-order valence-electron chi connectivity index (χ4n) is 4.42. The summed E-state index contributed by atoms with van der Waals surface area (Å²) < 4.78 is 13.8. The number of nitrogens with zero attached hydrogens (tertiary/aromatic N) is 2. The van der Waals surface area contributed by atoms with Crippen molar-refractivity contribution >= 4 is 29.0 Å². The van der Waals surface area contributed by atoms with Crippen molar-refractivity contribution < 1.29 is 19.1 Å². The first-order valence-electron chi connectivity index (χ1n) is 12.0. The highest BCUT2D eigenvalue weighted by Crippen LogP contribution is 2.37. The largest absolute Gasteiger partial charge is 0.481 e. The molecule has 1 amide bonds. The standard InChI is InChI=1S/C29H30FN3O3/c1-33(2)16-4-6-20-5-3-7-23(17-20)31-28(21-11-8-19(9-12-21)10-15-26(34)35)27-24-14-13-22(30)18-25(24)32-29(27)36/h3,5,7-9,11-14,17-18,27H,4,6,10,15-16H2,1-2H3,(H,32,36)(H,34,35). The second kappa shape index (κ2) is 11.3. The van der Waals surface area contributed by atoms with Gasteiger partial charge in [-0.3, -0.25) is 14.6 Å². The molecule has 1 unspecified atom stereocenters. The van der Waals surface area contributed by atoms with E-state index >= 15 is 0 Å². The zero-order valence-corrected chi connectivity index (χ0v) is 20.5. The Kier molecular flexibility index (Phi) is 7.90. The molecule has 1 aliphatic heterocycles. The minimum atomic E-state index is -0.849. The molecule has 4 rings (SSSR count). The van der Waals surface area contributed by atoms with Crippen molar-refractivity contribution in [2.45, 2.75) is 31.6 Å². The number of carbonyl (C=O) groups is 2. The molecule has 0 aromatic heterocycles. The van der Waals surface area contributed by atoms with Gasteiger partial charge in [-0.25, -0.2) is 4.39 Å². The maximum atomic E-state index is 13.8. The molecule has 1 atom stereocenters. The van der Waals surface area contributed by atoms with Crippen LogP contribution in [-0.2, 0) is 22.4 Å². The summed E-state index contributed by atoms with van der Waals surface area (Å²) in [6, 6.07) is 19.8. The monoisotopic (exact) mass is 487 g/mol. The SMILES string of the molecule is CN(C)CCCc1cccc(N=C(c2ccc(CCC(=O)O)cc2)C2C(=O)Nc3cc(F)ccc32)c1. The van der Waals surface area contributed by atoms with Crippen LogP contribution in [0.2, 0.25) is 0 Å². The van der Waals surface area contributed by atoms with E-state index in [1.165, 1.54) is 17.7 Å². The van der Waals surface area contributed by atoms with Gasteiger partial charge >= 0.3 is 5.97 Å². The van der Waals surface area contributed by atoms with Crippen LogP contribution in [0, 0.1) is 5.82 Å². The summed E-state index contributed by atoms with van der Waals surface area (Å²) in [5.41, 5.74) is 5.25. The van der Waals surface area contributed by atoms with Crippen molar-refractivity contribution in [1.82, 2.24) is 4.90 Å². The summed E-state index contributed by atoms with van der Waals surface area (Å²) >= 11 is 0. The smallest absolute Gasteiger partial charge is 0.303 e. The van der Waals surface area contributed by atoms with E-state index in [-0.39, 0.29) is 12.3 Å². The number of hydrogen-bond acceptors (Lipinski definition) is 4. The average Bonchev–Trinajstić information content (AvgIpc) is 3.16. The molecule has 36 heavy (non-hydrogen) atoms. The van der Waals surface area contributed by atoms with Gasteiger partial charge in [-0.1, -0.05) is 42.5 Å². The number of aliphatic imine (C=N–C) groups is 1. The molecule has 7 heteroatoms. The van der Waals surface area contributed by atoms with Crippen molar-refractivity contribution in [2.75, 3.05) is 26.0 Å². The third-order valence-corrected chi connectivity index (χ3v) is 6.23. The minimum absolute atomic E-state index is 0.0465. The zero-order chi connectivity index (χ0) is 25.7.